The summed E-state index contributed by atoms with van der Waals surface area (Å²) in [5.41, 5.74) is 3.00. The lowest BCUT2D eigenvalue weighted by atomic mass is 10.1. The predicted molar refractivity (Wildman–Crippen MR) is 133 cm³/mol. The predicted octanol–water partition coefficient (Wildman–Crippen LogP) is 6.33. The third kappa shape index (κ3) is 6.48. The van der Waals surface area contributed by atoms with Gasteiger partial charge in [0, 0.05) is 11.1 Å². The number of hydrogen-bond acceptors (Lipinski definition) is 5. The maximum absolute atomic E-state index is 12.9. The molecule has 0 unspecified atom stereocenters. The minimum absolute atomic E-state index is 0.0228. The maximum atomic E-state index is 12.9. The van der Waals surface area contributed by atoms with Crippen LogP contribution in [0.25, 0.3) is 22.4 Å². The van der Waals surface area contributed by atoms with Crippen molar-refractivity contribution in [2.24, 2.45) is 0 Å². The molecule has 2 aliphatic rings. The number of ether oxygens (including phenoxy) is 2. The van der Waals surface area contributed by atoms with E-state index in [9.17, 15) is 9.59 Å². The quantitative estimate of drug-likeness (QED) is 0.354. The van der Waals surface area contributed by atoms with Gasteiger partial charge in [0.15, 0.2) is 0 Å². The molecule has 0 radical (unpaired) electrons. The summed E-state index contributed by atoms with van der Waals surface area (Å²) >= 11 is 0. The van der Waals surface area contributed by atoms with Crippen LogP contribution in [0.3, 0.4) is 0 Å². The fraction of sp³-hybridized carbons (Fsp3) is 0.296. The van der Waals surface area contributed by atoms with Crippen LogP contribution in [-0.4, -0.2) is 32.9 Å². The fourth-order valence-corrected chi connectivity index (χ4v) is 3.03. The number of fused-ring (bicyclic) bond motifs is 1. The molecule has 4 rings (SSSR count). The number of nitrogens with zero attached hydrogens (tertiary/aromatic N) is 2. The van der Waals surface area contributed by atoms with E-state index in [2.05, 4.69) is 40.5 Å². The Labute approximate surface area is 200 Å². The Kier molecular flexibility index (Phi) is 6.83. The van der Waals surface area contributed by atoms with Crippen molar-refractivity contribution >= 4 is 18.1 Å². The lowest BCUT2D eigenvalue weighted by molar-refractivity contribution is 0.0542. The Balaban J connectivity index is 0.000000457. The van der Waals surface area contributed by atoms with Gasteiger partial charge in [-0.1, -0.05) is 42.3 Å². The zero-order valence-electron chi connectivity index (χ0n) is 20.3. The summed E-state index contributed by atoms with van der Waals surface area (Å²) in [7, 11) is 0. The molecule has 0 saturated heterocycles. The number of rotatable bonds is 2. The number of anilines is 1. The number of terminal acetylenes is 1. The molecule has 1 heterocycles. The number of imidazole rings is 1. The molecule has 1 aromatic carbocycles. The lowest BCUT2D eigenvalue weighted by Gasteiger charge is -2.22. The SMILES string of the molecule is C#Cc1ccccc1-c1cnc(NC(=O)OC(C)(C)C)n1C(=O)OC(C)(C)C.c1cc2cc-2c1. The Morgan fingerprint density at radius 1 is 0.941 bits per heavy atom. The molecule has 0 bridgehead atoms. The second-order valence-electron chi connectivity index (χ2n) is 9.68. The van der Waals surface area contributed by atoms with E-state index in [1.807, 2.05) is 0 Å². The van der Waals surface area contributed by atoms with E-state index in [-0.39, 0.29) is 5.95 Å². The summed E-state index contributed by atoms with van der Waals surface area (Å²) < 4.78 is 11.9. The average Bonchev–Trinajstić information content (AvgIpc) is 3.12. The fourth-order valence-electron chi connectivity index (χ4n) is 3.03. The van der Waals surface area contributed by atoms with Gasteiger partial charge >= 0.3 is 12.2 Å². The topological polar surface area (TPSA) is 82.5 Å². The third-order valence-electron chi connectivity index (χ3n) is 4.42. The normalized spacial score (nSPS) is 11.4. The van der Waals surface area contributed by atoms with Crippen molar-refractivity contribution < 1.29 is 19.1 Å². The molecule has 1 aromatic heterocycles. The number of nitrogens with one attached hydrogen (secondary N) is 1. The summed E-state index contributed by atoms with van der Waals surface area (Å²) in [4.78, 5) is 29.2. The average molecular weight is 460 g/mol. The number of amides is 1. The second-order valence-corrected chi connectivity index (χ2v) is 9.68. The zero-order valence-corrected chi connectivity index (χ0v) is 20.3. The van der Waals surface area contributed by atoms with Crippen molar-refractivity contribution in [1.29, 1.82) is 0 Å². The van der Waals surface area contributed by atoms with Gasteiger partial charge in [-0.05, 0) is 64.8 Å². The second kappa shape index (κ2) is 9.44. The molecule has 0 atom stereocenters. The summed E-state index contributed by atoms with van der Waals surface area (Å²) in [6.07, 6.45) is 5.61. The lowest BCUT2D eigenvalue weighted by Crippen LogP contribution is -2.31. The number of aromatic nitrogens is 2. The van der Waals surface area contributed by atoms with Crippen LogP contribution in [0.15, 0.2) is 54.7 Å². The highest BCUT2D eigenvalue weighted by Crippen LogP contribution is 2.32. The first-order valence-electron chi connectivity index (χ1n) is 10.9. The van der Waals surface area contributed by atoms with Gasteiger partial charge in [-0.3, -0.25) is 5.32 Å². The molecule has 1 amide bonds. The van der Waals surface area contributed by atoms with E-state index < -0.39 is 23.4 Å². The highest BCUT2D eigenvalue weighted by molar-refractivity contribution is 5.89. The molecule has 0 saturated carbocycles. The van der Waals surface area contributed by atoms with Crippen molar-refractivity contribution in [3.05, 3.63) is 60.3 Å². The van der Waals surface area contributed by atoms with E-state index in [0.29, 0.717) is 16.8 Å². The van der Waals surface area contributed by atoms with Gasteiger partial charge in [-0.2, -0.15) is 0 Å². The van der Waals surface area contributed by atoms with Crippen LogP contribution >= 0.6 is 0 Å². The van der Waals surface area contributed by atoms with Gasteiger partial charge in [0.2, 0.25) is 5.95 Å². The molecular weight excluding hydrogens is 430 g/mol. The van der Waals surface area contributed by atoms with Gasteiger partial charge in [0.1, 0.15) is 11.2 Å². The number of hydrogen-bond donors (Lipinski definition) is 1. The van der Waals surface area contributed by atoms with Gasteiger partial charge in [-0.25, -0.2) is 19.1 Å². The van der Waals surface area contributed by atoms with Crippen molar-refractivity contribution in [3.63, 3.8) is 0 Å². The molecule has 2 aliphatic carbocycles. The number of carbonyl (C=O) groups is 2. The van der Waals surface area contributed by atoms with Crippen LogP contribution in [0.5, 0.6) is 0 Å². The Morgan fingerprint density at radius 3 is 2.06 bits per heavy atom. The van der Waals surface area contributed by atoms with Crippen molar-refractivity contribution in [1.82, 2.24) is 9.55 Å². The Bertz CT molecular complexity index is 1240. The molecule has 0 fully saturated rings. The van der Waals surface area contributed by atoms with Gasteiger partial charge in [-0.15, -0.1) is 6.42 Å². The smallest absolute Gasteiger partial charge is 0.421 e. The highest BCUT2D eigenvalue weighted by Gasteiger charge is 2.27. The van der Waals surface area contributed by atoms with Crippen LogP contribution in [0, 0.1) is 12.3 Å². The van der Waals surface area contributed by atoms with Crippen LogP contribution in [0.2, 0.25) is 0 Å². The van der Waals surface area contributed by atoms with Crippen LogP contribution in [0.1, 0.15) is 47.1 Å². The third-order valence-corrected chi connectivity index (χ3v) is 4.42. The van der Waals surface area contributed by atoms with E-state index in [1.54, 1.807) is 65.8 Å². The van der Waals surface area contributed by atoms with E-state index in [1.165, 1.54) is 21.9 Å². The standard InChI is InChI=1S/C21H25N3O4.C6H4/c1-8-14-11-9-10-12-15(14)16-13-22-17(23-18(25)27-20(2,3)4)24(16)19(26)28-21(5,6)7;1-2-5-4-6(5)3-1/h1,9-13H,2-7H3,(H,22,23,25);1-4H. The zero-order chi connectivity index (χ0) is 25.1. The minimum Gasteiger partial charge on any atom is -0.444 e. The summed E-state index contributed by atoms with van der Waals surface area (Å²) in [5.74, 6) is 2.56. The minimum atomic E-state index is -0.743. The molecule has 176 valence electrons. The van der Waals surface area contributed by atoms with Crippen LogP contribution < -0.4 is 5.32 Å². The molecule has 2 aromatic rings. The molecule has 7 heteroatoms. The highest BCUT2D eigenvalue weighted by atomic mass is 16.6. The molecule has 0 spiro atoms. The first-order valence-corrected chi connectivity index (χ1v) is 10.9. The maximum Gasteiger partial charge on any atom is 0.421 e. The summed E-state index contributed by atoms with van der Waals surface area (Å²) in [6, 6.07) is 15.6. The summed E-state index contributed by atoms with van der Waals surface area (Å²) in [6.45, 7) is 10.5. The number of benzene rings is 2. The van der Waals surface area contributed by atoms with Gasteiger partial charge in [0.05, 0.1) is 11.9 Å². The van der Waals surface area contributed by atoms with E-state index >= 15 is 0 Å². The van der Waals surface area contributed by atoms with E-state index in [0.717, 1.165) is 0 Å². The van der Waals surface area contributed by atoms with Crippen LogP contribution in [-0.2, 0) is 9.47 Å². The first kappa shape index (κ1) is 24.6. The van der Waals surface area contributed by atoms with Gasteiger partial charge in [0.25, 0.3) is 0 Å². The van der Waals surface area contributed by atoms with Crippen molar-refractivity contribution in [2.75, 3.05) is 5.32 Å². The van der Waals surface area contributed by atoms with E-state index in [4.69, 9.17) is 15.9 Å². The first-order chi connectivity index (χ1) is 15.9. The van der Waals surface area contributed by atoms with Gasteiger partial charge < -0.3 is 9.47 Å². The Morgan fingerprint density at radius 2 is 1.56 bits per heavy atom. The largest absolute Gasteiger partial charge is 0.444 e. The molecule has 7 nitrogen and oxygen atoms in total. The van der Waals surface area contributed by atoms with Crippen molar-refractivity contribution in [2.45, 2.75) is 52.7 Å². The van der Waals surface area contributed by atoms with Crippen LogP contribution in [0.4, 0.5) is 15.5 Å². The molecule has 1 N–H and O–H groups in total. The monoisotopic (exact) mass is 459 g/mol. The summed E-state index contributed by atoms with van der Waals surface area (Å²) in [5, 5.41) is 2.50. The Hall–Kier alpha value is -4.05. The number of carbonyl (C=O) groups excluding carboxylic acids is 2. The molecule has 34 heavy (non-hydrogen) atoms. The van der Waals surface area contributed by atoms with Crippen molar-refractivity contribution in [3.8, 4) is 34.7 Å². The molecular formula is C27H29N3O4. The molecule has 0 aliphatic heterocycles.